The Balaban J connectivity index is 1.84. The largest absolute Gasteiger partial charge is 0.379 e. The number of halogens is 2. The summed E-state index contributed by atoms with van der Waals surface area (Å²) in [5.41, 5.74) is 0.333. The van der Waals surface area contributed by atoms with E-state index in [-0.39, 0.29) is 32.0 Å². The van der Waals surface area contributed by atoms with Crippen molar-refractivity contribution in [3.63, 3.8) is 0 Å². The molecule has 3 rings (SSSR count). The minimum absolute atomic E-state index is 0.00431. The molecule has 6 nitrogen and oxygen atoms in total. The third kappa shape index (κ3) is 5.64. The lowest BCUT2D eigenvalue weighted by atomic mass is 10.1. The number of rotatable bonds is 6. The number of nitriles is 1. The molecule has 0 bridgehead atoms. The molecule has 0 atom stereocenters. The van der Waals surface area contributed by atoms with E-state index in [0.29, 0.717) is 5.56 Å². The van der Waals surface area contributed by atoms with Crippen LogP contribution in [0.1, 0.15) is 5.56 Å². The standard InChI is InChI=1S/C22H14Cl2N2O4S/c23-19-10-5-11-20(24)21(19)26-22(27)16(14-25)12-15-6-4-7-17(13-15)30-31(28,29)18-8-2-1-3-9-18/h1-13H,(H,26,27)/b16-12+. The number of benzene rings is 3. The molecule has 3 aromatic carbocycles. The highest BCUT2D eigenvalue weighted by molar-refractivity contribution is 7.87. The van der Waals surface area contributed by atoms with Crippen molar-refractivity contribution < 1.29 is 17.4 Å². The smallest absolute Gasteiger partial charge is 0.339 e. The van der Waals surface area contributed by atoms with Crippen LogP contribution in [0.15, 0.2) is 83.3 Å². The Morgan fingerprint density at radius 3 is 2.26 bits per heavy atom. The Morgan fingerprint density at radius 1 is 0.968 bits per heavy atom. The van der Waals surface area contributed by atoms with Crippen molar-refractivity contribution in [1.82, 2.24) is 0 Å². The predicted molar refractivity (Wildman–Crippen MR) is 119 cm³/mol. The molecular formula is C22H14Cl2N2O4S. The number of carbonyl (C=O) groups excluding carboxylic acids is 1. The molecule has 0 radical (unpaired) electrons. The Bertz CT molecular complexity index is 1280. The zero-order valence-electron chi connectivity index (χ0n) is 15.7. The number of para-hydroxylation sites is 1. The Morgan fingerprint density at radius 2 is 1.61 bits per heavy atom. The summed E-state index contributed by atoms with van der Waals surface area (Å²) < 4.78 is 29.9. The number of hydrogen-bond acceptors (Lipinski definition) is 5. The number of hydrogen-bond donors (Lipinski definition) is 1. The SMILES string of the molecule is N#C/C(=C\c1cccc(OS(=O)(=O)c2ccccc2)c1)C(=O)Nc1c(Cl)cccc1Cl. The number of anilines is 1. The van der Waals surface area contributed by atoms with Crippen molar-refractivity contribution in [3.8, 4) is 11.8 Å². The van der Waals surface area contributed by atoms with Crippen molar-refractivity contribution in [2.45, 2.75) is 4.90 Å². The number of nitrogens with one attached hydrogen (secondary N) is 1. The molecular weight excluding hydrogens is 459 g/mol. The van der Waals surface area contributed by atoms with E-state index in [1.165, 1.54) is 30.3 Å². The Kier molecular flexibility index (Phi) is 6.98. The van der Waals surface area contributed by atoms with Crippen LogP contribution in [0, 0.1) is 11.3 Å². The van der Waals surface area contributed by atoms with Gasteiger partial charge in [-0.1, -0.05) is 59.6 Å². The molecule has 0 aliphatic carbocycles. The fourth-order valence-electron chi connectivity index (χ4n) is 2.53. The molecule has 0 fully saturated rings. The van der Waals surface area contributed by atoms with Crippen molar-refractivity contribution in [2.75, 3.05) is 5.32 Å². The fraction of sp³-hybridized carbons (Fsp3) is 0. The van der Waals surface area contributed by atoms with Crippen molar-refractivity contribution in [2.24, 2.45) is 0 Å². The third-order valence-corrected chi connectivity index (χ3v) is 5.86. The summed E-state index contributed by atoms with van der Waals surface area (Å²) in [5, 5.41) is 12.4. The normalized spacial score (nSPS) is 11.5. The van der Waals surface area contributed by atoms with E-state index in [4.69, 9.17) is 27.4 Å². The molecule has 0 aliphatic rings. The third-order valence-electron chi connectivity index (χ3n) is 3.97. The van der Waals surface area contributed by atoms with Gasteiger partial charge in [-0.05, 0) is 48.0 Å². The van der Waals surface area contributed by atoms with Gasteiger partial charge in [-0.2, -0.15) is 13.7 Å². The van der Waals surface area contributed by atoms with Crippen LogP contribution in [0.5, 0.6) is 5.75 Å². The molecule has 156 valence electrons. The number of nitrogens with zero attached hydrogens (tertiary/aromatic N) is 1. The topological polar surface area (TPSA) is 96.3 Å². The second-order valence-corrected chi connectivity index (χ2v) is 8.50. The Labute approximate surface area is 189 Å². The minimum Gasteiger partial charge on any atom is -0.379 e. The molecule has 1 amide bonds. The highest BCUT2D eigenvalue weighted by Gasteiger charge is 2.17. The van der Waals surface area contributed by atoms with Gasteiger partial charge >= 0.3 is 10.1 Å². The lowest BCUT2D eigenvalue weighted by Gasteiger charge is -2.09. The molecule has 0 aromatic heterocycles. The summed E-state index contributed by atoms with van der Waals surface area (Å²) in [6.07, 6.45) is 1.29. The maximum absolute atomic E-state index is 12.5. The first-order chi connectivity index (χ1) is 14.8. The zero-order chi connectivity index (χ0) is 22.4. The van der Waals surface area contributed by atoms with E-state index in [0.717, 1.165) is 0 Å². The van der Waals surface area contributed by atoms with Crippen molar-refractivity contribution in [1.29, 1.82) is 5.26 Å². The summed E-state index contributed by atoms with van der Waals surface area (Å²) in [6.45, 7) is 0. The zero-order valence-corrected chi connectivity index (χ0v) is 18.1. The van der Waals surface area contributed by atoms with E-state index in [1.54, 1.807) is 54.6 Å². The molecule has 0 unspecified atom stereocenters. The van der Waals surface area contributed by atoms with Crippen LogP contribution in [-0.4, -0.2) is 14.3 Å². The first-order valence-corrected chi connectivity index (χ1v) is 10.9. The molecule has 0 heterocycles. The van der Waals surface area contributed by atoms with Gasteiger partial charge in [0.05, 0.1) is 15.7 Å². The van der Waals surface area contributed by atoms with Gasteiger partial charge in [-0.15, -0.1) is 0 Å². The summed E-state index contributed by atoms with van der Waals surface area (Å²) in [6, 6.07) is 20.2. The summed E-state index contributed by atoms with van der Waals surface area (Å²) in [4.78, 5) is 12.5. The van der Waals surface area contributed by atoms with Crippen LogP contribution in [-0.2, 0) is 14.9 Å². The predicted octanol–water partition coefficient (Wildman–Crippen LogP) is 5.31. The lowest BCUT2D eigenvalue weighted by molar-refractivity contribution is -0.112. The molecule has 0 aliphatic heterocycles. The minimum atomic E-state index is -4.02. The highest BCUT2D eigenvalue weighted by Crippen LogP contribution is 2.30. The molecule has 0 saturated heterocycles. The van der Waals surface area contributed by atoms with Gasteiger partial charge in [0, 0.05) is 0 Å². The van der Waals surface area contributed by atoms with Gasteiger partial charge in [-0.25, -0.2) is 0 Å². The van der Waals surface area contributed by atoms with Gasteiger partial charge in [0.1, 0.15) is 22.3 Å². The first-order valence-electron chi connectivity index (χ1n) is 8.77. The molecule has 0 spiro atoms. The Hall–Kier alpha value is -3.31. The van der Waals surface area contributed by atoms with Crippen LogP contribution in [0.3, 0.4) is 0 Å². The summed E-state index contributed by atoms with van der Waals surface area (Å²) in [7, 11) is -4.02. The van der Waals surface area contributed by atoms with Crippen LogP contribution in [0.4, 0.5) is 5.69 Å². The molecule has 9 heteroatoms. The van der Waals surface area contributed by atoms with Crippen LogP contribution in [0.2, 0.25) is 10.0 Å². The summed E-state index contributed by atoms with van der Waals surface area (Å²) in [5.74, 6) is -0.690. The van der Waals surface area contributed by atoms with E-state index in [9.17, 15) is 18.5 Å². The average molecular weight is 473 g/mol. The molecule has 31 heavy (non-hydrogen) atoms. The first kappa shape index (κ1) is 22.4. The van der Waals surface area contributed by atoms with Gasteiger partial charge in [0.25, 0.3) is 5.91 Å². The number of amides is 1. The van der Waals surface area contributed by atoms with Gasteiger partial charge < -0.3 is 9.50 Å². The van der Waals surface area contributed by atoms with Crippen molar-refractivity contribution >= 4 is 51.0 Å². The average Bonchev–Trinajstić information content (AvgIpc) is 2.75. The molecule has 0 saturated carbocycles. The van der Waals surface area contributed by atoms with Crippen molar-refractivity contribution in [3.05, 3.63) is 94.0 Å². The van der Waals surface area contributed by atoms with Crippen LogP contribution < -0.4 is 9.50 Å². The molecule has 3 aromatic rings. The second-order valence-electron chi connectivity index (χ2n) is 6.14. The highest BCUT2D eigenvalue weighted by atomic mass is 35.5. The quantitative estimate of drug-likeness (QED) is 0.298. The van der Waals surface area contributed by atoms with Crippen LogP contribution in [0.25, 0.3) is 6.08 Å². The van der Waals surface area contributed by atoms with Crippen LogP contribution >= 0.6 is 23.2 Å². The van der Waals surface area contributed by atoms with E-state index in [1.807, 2.05) is 0 Å². The fourth-order valence-corrected chi connectivity index (χ4v) is 3.97. The second kappa shape index (κ2) is 9.67. The molecule has 1 N–H and O–H groups in total. The van der Waals surface area contributed by atoms with E-state index < -0.39 is 16.0 Å². The van der Waals surface area contributed by atoms with Gasteiger partial charge in [-0.3, -0.25) is 4.79 Å². The number of carbonyl (C=O) groups is 1. The van der Waals surface area contributed by atoms with E-state index >= 15 is 0 Å². The van der Waals surface area contributed by atoms with E-state index in [2.05, 4.69) is 5.32 Å². The maximum Gasteiger partial charge on any atom is 0.339 e. The van der Waals surface area contributed by atoms with Gasteiger partial charge in [0.2, 0.25) is 0 Å². The monoisotopic (exact) mass is 472 g/mol. The maximum atomic E-state index is 12.5. The summed E-state index contributed by atoms with van der Waals surface area (Å²) >= 11 is 12.1. The lowest BCUT2D eigenvalue weighted by Crippen LogP contribution is -2.14. The van der Waals surface area contributed by atoms with Gasteiger partial charge in [0.15, 0.2) is 0 Å².